The fourth-order valence-electron chi connectivity index (χ4n) is 1.27. The Labute approximate surface area is 66.9 Å². The summed E-state index contributed by atoms with van der Waals surface area (Å²) in [5.74, 6) is 0. The first-order valence-corrected chi connectivity index (χ1v) is 3.86. The fraction of sp³-hybridized carbons (Fsp3) is 0.750. The number of rotatable bonds is 1. The van der Waals surface area contributed by atoms with Gasteiger partial charge in [-0.2, -0.15) is 5.06 Å². The quantitative estimate of drug-likeness (QED) is 0.553. The Morgan fingerprint density at radius 2 is 2.18 bits per heavy atom. The molecule has 2 N–H and O–H groups in total. The summed E-state index contributed by atoms with van der Waals surface area (Å²) in [6.07, 6.45) is 4.67. The standard InChI is InChI=1S/C8H15NO2/c1-8(2,10)7-5-3-4-6-9(7)11/h3,5,7,10-11H,4,6H2,1-2H3. The van der Waals surface area contributed by atoms with Crippen LogP contribution in [0.4, 0.5) is 0 Å². The van der Waals surface area contributed by atoms with Crippen molar-refractivity contribution in [1.82, 2.24) is 5.06 Å². The summed E-state index contributed by atoms with van der Waals surface area (Å²) in [4.78, 5) is 0. The van der Waals surface area contributed by atoms with E-state index in [2.05, 4.69) is 0 Å². The molecule has 3 heteroatoms. The van der Waals surface area contributed by atoms with Crippen LogP contribution < -0.4 is 0 Å². The van der Waals surface area contributed by atoms with Gasteiger partial charge in [-0.05, 0) is 20.3 Å². The van der Waals surface area contributed by atoms with Gasteiger partial charge in [0.2, 0.25) is 0 Å². The van der Waals surface area contributed by atoms with Gasteiger partial charge in [-0.15, -0.1) is 0 Å². The molecule has 1 aliphatic heterocycles. The van der Waals surface area contributed by atoms with Crippen LogP contribution in [-0.4, -0.2) is 33.6 Å². The van der Waals surface area contributed by atoms with Gasteiger partial charge < -0.3 is 10.3 Å². The molecule has 0 aromatic carbocycles. The molecule has 1 atom stereocenters. The van der Waals surface area contributed by atoms with E-state index in [-0.39, 0.29) is 6.04 Å². The first-order valence-electron chi connectivity index (χ1n) is 3.86. The summed E-state index contributed by atoms with van der Waals surface area (Å²) < 4.78 is 0. The lowest BCUT2D eigenvalue weighted by molar-refractivity contribution is -0.162. The Morgan fingerprint density at radius 3 is 2.55 bits per heavy atom. The van der Waals surface area contributed by atoms with Crippen molar-refractivity contribution in [2.24, 2.45) is 0 Å². The lowest BCUT2D eigenvalue weighted by atomic mass is 9.96. The zero-order valence-corrected chi connectivity index (χ0v) is 6.99. The molecule has 64 valence electrons. The second kappa shape index (κ2) is 2.93. The van der Waals surface area contributed by atoms with Crippen molar-refractivity contribution in [3.05, 3.63) is 12.2 Å². The van der Waals surface area contributed by atoms with Gasteiger partial charge in [-0.25, -0.2) is 0 Å². The first-order chi connectivity index (χ1) is 5.02. The molecule has 3 nitrogen and oxygen atoms in total. The Bertz CT molecular complexity index is 160. The summed E-state index contributed by atoms with van der Waals surface area (Å²) in [6.45, 7) is 3.98. The summed E-state index contributed by atoms with van der Waals surface area (Å²) in [5, 5.41) is 20.1. The Hall–Kier alpha value is -0.380. The second-order valence-corrected chi connectivity index (χ2v) is 3.48. The van der Waals surface area contributed by atoms with E-state index in [4.69, 9.17) is 0 Å². The van der Waals surface area contributed by atoms with Crippen LogP contribution in [0.3, 0.4) is 0 Å². The third-order valence-electron chi connectivity index (χ3n) is 1.89. The van der Waals surface area contributed by atoms with Crippen LogP contribution in [0.1, 0.15) is 20.3 Å². The highest BCUT2D eigenvalue weighted by atomic mass is 16.5. The average Bonchev–Trinajstić information content (AvgIpc) is 1.86. The van der Waals surface area contributed by atoms with Gasteiger partial charge in [0.05, 0.1) is 11.6 Å². The van der Waals surface area contributed by atoms with Crippen LogP contribution in [0, 0.1) is 0 Å². The molecule has 11 heavy (non-hydrogen) atoms. The smallest absolute Gasteiger partial charge is 0.0812 e. The number of nitrogens with zero attached hydrogens (tertiary/aromatic N) is 1. The Balaban J connectivity index is 2.69. The predicted molar refractivity (Wildman–Crippen MR) is 42.3 cm³/mol. The second-order valence-electron chi connectivity index (χ2n) is 3.48. The van der Waals surface area contributed by atoms with Gasteiger partial charge in [0, 0.05) is 6.54 Å². The first kappa shape index (κ1) is 8.71. The van der Waals surface area contributed by atoms with E-state index in [0.29, 0.717) is 6.54 Å². The molecule has 0 aromatic rings. The summed E-state index contributed by atoms with van der Waals surface area (Å²) in [5.41, 5.74) is -0.869. The normalized spacial score (nSPS) is 27.5. The summed E-state index contributed by atoms with van der Waals surface area (Å²) in [6, 6.07) is -0.267. The molecule has 0 saturated heterocycles. The molecule has 1 unspecified atom stereocenters. The number of aliphatic hydroxyl groups is 1. The number of hydrogen-bond acceptors (Lipinski definition) is 3. The molecule has 0 radical (unpaired) electrons. The van der Waals surface area contributed by atoms with E-state index in [9.17, 15) is 10.3 Å². The zero-order valence-electron chi connectivity index (χ0n) is 6.99. The van der Waals surface area contributed by atoms with E-state index in [0.717, 1.165) is 6.42 Å². The van der Waals surface area contributed by atoms with Crippen LogP contribution >= 0.6 is 0 Å². The molecule has 0 saturated carbocycles. The minimum absolute atomic E-state index is 0.267. The van der Waals surface area contributed by atoms with Crippen molar-refractivity contribution in [2.75, 3.05) is 6.54 Å². The van der Waals surface area contributed by atoms with Crippen LogP contribution in [0.25, 0.3) is 0 Å². The highest BCUT2D eigenvalue weighted by Crippen LogP contribution is 2.18. The van der Waals surface area contributed by atoms with Crippen molar-refractivity contribution in [3.8, 4) is 0 Å². The Morgan fingerprint density at radius 1 is 1.55 bits per heavy atom. The SMILES string of the molecule is CC(C)(O)C1C=CCCN1O. The van der Waals surface area contributed by atoms with Gasteiger partial charge >= 0.3 is 0 Å². The van der Waals surface area contributed by atoms with Crippen molar-refractivity contribution in [3.63, 3.8) is 0 Å². The topological polar surface area (TPSA) is 43.7 Å². The highest BCUT2D eigenvalue weighted by molar-refractivity contribution is 5.04. The lowest BCUT2D eigenvalue weighted by Crippen LogP contribution is -2.48. The maximum absolute atomic E-state index is 9.56. The van der Waals surface area contributed by atoms with Gasteiger partial charge in [0.25, 0.3) is 0 Å². The number of hydroxylamine groups is 2. The van der Waals surface area contributed by atoms with Crippen molar-refractivity contribution in [2.45, 2.75) is 31.9 Å². The molecule has 0 amide bonds. The minimum Gasteiger partial charge on any atom is -0.388 e. The van der Waals surface area contributed by atoms with E-state index < -0.39 is 5.60 Å². The Kier molecular flexibility index (Phi) is 2.32. The minimum atomic E-state index is -0.869. The van der Waals surface area contributed by atoms with Crippen LogP contribution in [-0.2, 0) is 0 Å². The van der Waals surface area contributed by atoms with Gasteiger partial charge in [0.15, 0.2) is 0 Å². The van der Waals surface area contributed by atoms with Crippen LogP contribution in [0.5, 0.6) is 0 Å². The van der Waals surface area contributed by atoms with Crippen molar-refractivity contribution < 1.29 is 10.3 Å². The largest absolute Gasteiger partial charge is 0.388 e. The van der Waals surface area contributed by atoms with E-state index in [1.165, 1.54) is 5.06 Å². The molecule has 0 aliphatic carbocycles. The molecule has 0 spiro atoms. The molecule has 0 fully saturated rings. The highest BCUT2D eigenvalue weighted by Gasteiger charge is 2.30. The molecular weight excluding hydrogens is 142 g/mol. The monoisotopic (exact) mass is 157 g/mol. The van der Waals surface area contributed by atoms with Gasteiger partial charge in [-0.3, -0.25) is 0 Å². The zero-order chi connectivity index (χ0) is 8.48. The predicted octanol–water partition coefficient (Wildman–Crippen LogP) is 0.777. The van der Waals surface area contributed by atoms with Gasteiger partial charge in [-0.1, -0.05) is 12.2 Å². The molecular formula is C8H15NO2. The third kappa shape index (κ3) is 2.02. The maximum Gasteiger partial charge on any atom is 0.0812 e. The third-order valence-corrected chi connectivity index (χ3v) is 1.89. The summed E-state index contributed by atoms with van der Waals surface area (Å²) in [7, 11) is 0. The molecule has 1 aliphatic rings. The van der Waals surface area contributed by atoms with Crippen molar-refractivity contribution >= 4 is 0 Å². The lowest BCUT2D eigenvalue weighted by Gasteiger charge is -2.34. The van der Waals surface area contributed by atoms with Crippen molar-refractivity contribution in [1.29, 1.82) is 0 Å². The summed E-state index contributed by atoms with van der Waals surface area (Å²) >= 11 is 0. The van der Waals surface area contributed by atoms with E-state index in [1.807, 2.05) is 12.2 Å². The maximum atomic E-state index is 9.56. The molecule has 0 bridgehead atoms. The fourth-order valence-corrected chi connectivity index (χ4v) is 1.27. The molecule has 1 heterocycles. The van der Waals surface area contributed by atoms with Crippen LogP contribution in [0.15, 0.2) is 12.2 Å². The van der Waals surface area contributed by atoms with E-state index >= 15 is 0 Å². The molecule has 1 rings (SSSR count). The number of hydrogen-bond donors (Lipinski definition) is 2. The average molecular weight is 157 g/mol. The molecule has 0 aromatic heterocycles. The van der Waals surface area contributed by atoms with E-state index in [1.54, 1.807) is 13.8 Å². The van der Waals surface area contributed by atoms with Gasteiger partial charge in [0.1, 0.15) is 0 Å². The van der Waals surface area contributed by atoms with Crippen LogP contribution in [0.2, 0.25) is 0 Å².